The number of nitrogens with two attached hydrogens (primary N) is 1. The van der Waals surface area contributed by atoms with Gasteiger partial charge in [-0.3, -0.25) is 4.79 Å². The molecule has 1 aromatic carbocycles. The van der Waals surface area contributed by atoms with Crippen LogP contribution in [0.15, 0.2) is 21.5 Å². The second-order valence-corrected chi connectivity index (χ2v) is 7.26. The number of hydrogen-bond donors (Lipinski definition) is 2. The number of halogens is 2. The normalized spacial score (nSPS) is 13.3. The van der Waals surface area contributed by atoms with Crippen molar-refractivity contribution in [3.05, 3.63) is 28.0 Å². The van der Waals surface area contributed by atoms with Crippen LogP contribution >= 0.6 is 15.9 Å². The second-order valence-electron chi connectivity index (χ2n) is 4.82. The molecule has 1 aromatic rings. The van der Waals surface area contributed by atoms with E-state index in [1.807, 2.05) is 13.8 Å². The Labute approximate surface area is 125 Å². The average Bonchev–Trinajstić information content (AvgIpc) is 2.29. The zero-order valence-electron chi connectivity index (χ0n) is 11.3. The summed E-state index contributed by atoms with van der Waals surface area (Å²) >= 11 is 3.04. The van der Waals surface area contributed by atoms with Crippen molar-refractivity contribution < 1.29 is 17.6 Å². The van der Waals surface area contributed by atoms with Crippen molar-refractivity contribution in [3.8, 4) is 0 Å². The molecule has 5 nitrogen and oxygen atoms in total. The Morgan fingerprint density at radius 1 is 1.35 bits per heavy atom. The van der Waals surface area contributed by atoms with Crippen molar-refractivity contribution in [2.24, 2.45) is 11.1 Å². The highest BCUT2D eigenvalue weighted by Crippen LogP contribution is 2.23. The highest BCUT2D eigenvalue weighted by molar-refractivity contribution is 9.10. The van der Waals surface area contributed by atoms with Gasteiger partial charge in [-0.15, -0.1) is 0 Å². The number of nitrogens with one attached hydrogen (secondary N) is 1. The molecule has 0 saturated heterocycles. The molecule has 1 rings (SSSR count). The predicted molar refractivity (Wildman–Crippen MR) is 77.2 cm³/mol. The van der Waals surface area contributed by atoms with Crippen LogP contribution < -0.4 is 10.5 Å². The lowest BCUT2D eigenvalue weighted by Crippen LogP contribution is -2.36. The van der Waals surface area contributed by atoms with Crippen molar-refractivity contribution >= 4 is 31.9 Å². The van der Waals surface area contributed by atoms with Crippen LogP contribution in [0.2, 0.25) is 0 Å². The van der Waals surface area contributed by atoms with Gasteiger partial charge in [0, 0.05) is 10.5 Å². The maximum Gasteiger partial charge on any atom is 0.254 e. The fraction of sp³-hybridized carbons (Fsp3) is 0.417. The van der Waals surface area contributed by atoms with Gasteiger partial charge in [-0.1, -0.05) is 29.8 Å². The lowest BCUT2D eigenvalue weighted by Gasteiger charge is -2.18. The fourth-order valence-corrected chi connectivity index (χ4v) is 2.65. The lowest BCUT2D eigenvalue weighted by molar-refractivity contribution is 0.0926. The Morgan fingerprint density at radius 3 is 2.35 bits per heavy atom. The first-order chi connectivity index (χ1) is 9.04. The molecule has 0 spiro atoms. The van der Waals surface area contributed by atoms with E-state index in [9.17, 15) is 17.6 Å². The Morgan fingerprint density at radius 2 is 1.90 bits per heavy atom. The number of rotatable bonds is 4. The van der Waals surface area contributed by atoms with Gasteiger partial charge in [0.1, 0.15) is 4.90 Å². The minimum Gasteiger partial charge on any atom is -0.349 e. The molecule has 1 unspecified atom stereocenters. The van der Waals surface area contributed by atoms with Gasteiger partial charge in [-0.25, -0.2) is 17.9 Å². The summed E-state index contributed by atoms with van der Waals surface area (Å²) in [6.45, 7) is 5.58. The molecule has 0 aliphatic carbocycles. The molecule has 0 heterocycles. The third kappa shape index (κ3) is 4.00. The summed E-state index contributed by atoms with van der Waals surface area (Å²) in [5, 5.41) is 7.53. The first-order valence-corrected chi connectivity index (χ1v) is 8.20. The summed E-state index contributed by atoms with van der Waals surface area (Å²) in [7, 11) is -4.24. The van der Waals surface area contributed by atoms with E-state index in [-0.39, 0.29) is 22.0 Å². The van der Waals surface area contributed by atoms with E-state index in [1.165, 1.54) is 6.07 Å². The molecular formula is C12H16BrFN2O3S. The third-order valence-corrected chi connectivity index (χ3v) is 4.28. The quantitative estimate of drug-likeness (QED) is 0.853. The Hall–Kier alpha value is -0.990. The molecule has 0 aromatic heterocycles. The minimum absolute atomic E-state index is 0.159. The number of carbonyl (C=O) groups excluding carboxylic acids is 1. The van der Waals surface area contributed by atoms with Gasteiger partial charge in [0.05, 0.1) is 5.56 Å². The predicted octanol–water partition coefficient (Wildman–Crippen LogP) is 2.01. The molecule has 0 aliphatic rings. The first-order valence-electron chi connectivity index (χ1n) is 5.86. The number of amides is 1. The molecule has 0 aliphatic heterocycles. The number of hydrogen-bond acceptors (Lipinski definition) is 3. The second kappa shape index (κ2) is 6.19. The number of sulfonamides is 1. The van der Waals surface area contributed by atoms with E-state index in [4.69, 9.17) is 5.14 Å². The van der Waals surface area contributed by atoms with Crippen LogP contribution in [-0.4, -0.2) is 20.4 Å². The number of carbonyl (C=O) groups is 1. The topological polar surface area (TPSA) is 89.3 Å². The van der Waals surface area contributed by atoms with Crippen molar-refractivity contribution in [2.75, 3.05) is 0 Å². The fourth-order valence-electron chi connectivity index (χ4n) is 1.39. The van der Waals surface area contributed by atoms with Gasteiger partial charge in [-0.2, -0.15) is 0 Å². The van der Waals surface area contributed by atoms with Crippen LogP contribution in [0.4, 0.5) is 4.39 Å². The average molecular weight is 367 g/mol. The zero-order chi connectivity index (χ0) is 15.7. The van der Waals surface area contributed by atoms with Gasteiger partial charge in [0.2, 0.25) is 10.0 Å². The van der Waals surface area contributed by atoms with Crippen molar-refractivity contribution in [1.29, 1.82) is 0 Å². The van der Waals surface area contributed by atoms with Crippen LogP contribution in [0, 0.1) is 11.7 Å². The summed E-state index contributed by atoms with van der Waals surface area (Å²) in [5.41, 5.74) is -0.365. The third-order valence-electron chi connectivity index (χ3n) is 2.91. The standard InChI is InChI=1S/C12H16BrFN2O3S/c1-6(2)7(3)16-12(17)9-4-8(13)5-10(11(9)14)20(15,18)19/h4-7H,1-3H3,(H,16,17)(H2,15,18,19). The van der Waals surface area contributed by atoms with Crippen molar-refractivity contribution in [3.63, 3.8) is 0 Å². The molecule has 0 radical (unpaired) electrons. The zero-order valence-corrected chi connectivity index (χ0v) is 13.7. The molecule has 112 valence electrons. The number of primary sulfonamides is 1. The molecule has 0 fully saturated rings. The van der Waals surface area contributed by atoms with E-state index in [0.29, 0.717) is 0 Å². The highest BCUT2D eigenvalue weighted by atomic mass is 79.9. The lowest BCUT2D eigenvalue weighted by atomic mass is 10.1. The Kier molecular flexibility index (Phi) is 5.28. The van der Waals surface area contributed by atoms with Gasteiger partial charge in [-0.05, 0) is 25.0 Å². The van der Waals surface area contributed by atoms with Crippen LogP contribution in [0.5, 0.6) is 0 Å². The molecular weight excluding hydrogens is 351 g/mol. The van der Waals surface area contributed by atoms with Crippen LogP contribution in [0.25, 0.3) is 0 Å². The summed E-state index contributed by atoms with van der Waals surface area (Å²) in [6, 6.07) is 2.05. The molecule has 3 N–H and O–H groups in total. The van der Waals surface area contributed by atoms with E-state index in [1.54, 1.807) is 6.92 Å². The summed E-state index contributed by atoms with van der Waals surface area (Å²) in [5.74, 6) is -1.68. The van der Waals surface area contributed by atoms with Gasteiger partial charge < -0.3 is 5.32 Å². The Balaban J connectivity index is 3.26. The molecule has 1 atom stereocenters. The summed E-state index contributed by atoms with van der Waals surface area (Å²) < 4.78 is 37.0. The molecule has 20 heavy (non-hydrogen) atoms. The maximum absolute atomic E-state index is 14.1. The summed E-state index contributed by atoms with van der Waals surface area (Å²) in [6.07, 6.45) is 0. The van der Waals surface area contributed by atoms with Gasteiger partial charge >= 0.3 is 0 Å². The Bertz CT molecular complexity index is 632. The van der Waals surface area contributed by atoms with Crippen molar-refractivity contribution in [1.82, 2.24) is 5.32 Å². The SMILES string of the molecule is CC(C)C(C)NC(=O)c1cc(Br)cc(S(N)(=O)=O)c1F. The summed E-state index contributed by atoms with van der Waals surface area (Å²) in [4.78, 5) is 11.3. The van der Waals surface area contributed by atoms with E-state index >= 15 is 0 Å². The number of benzene rings is 1. The van der Waals surface area contributed by atoms with Crippen LogP contribution in [0.1, 0.15) is 31.1 Å². The minimum atomic E-state index is -4.24. The molecule has 8 heteroatoms. The van der Waals surface area contributed by atoms with Crippen LogP contribution in [0.3, 0.4) is 0 Å². The van der Waals surface area contributed by atoms with E-state index in [2.05, 4.69) is 21.2 Å². The molecule has 0 bridgehead atoms. The van der Waals surface area contributed by atoms with Gasteiger partial charge in [0.15, 0.2) is 5.82 Å². The largest absolute Gasteiger partial charge is 0.349 e. The monoisotopic (exact) mass is 366 g/mol. The maximum atomic E-state index is 14.1. The van der Waals surface area contributed by atoms with Gasteiger partial charge in [0.25, 0.3) is 5.91 Å². The smallest absolute Gasteiger partial charge is 0.254 e. The molecule has 1 amide bonds. The van der Waals surface area contributed by atoms with Crippen molar-refractivity contribution in [2.45, 2.75) is 31.7 Å². The first kappa shape index (κ1) is 17.1. The van der Waals surface area contributed by atoms with E-state index in [0.717, 1.165) is 6.07 Å². The van der Waals surface area contributed by atoms with E-state index < -0.39 is 26.6 Å². The van der Waals surface area contributed by atoms with Crippen LogP contribution in [-0.2, 0) is 10.0 Å². The molecule has 0 saturated carbocycles. The highest BCUT2D eigenvalue weighted by Gasteiger charge is 2.23.